The minimum atomic E-state index is -1.29. The highest BCUT2D eigenvalue weighted by Crippen LogP contribution is 2.10. The van der Waals surface area contributed by atoms with Gasteiger partial charge in [-0.25, -0.2) is 4.79 Å². The maximum atomic E-state index is 11.7. The second kappa shape index (κ2) is 8.61. The van der Waals surface area contributed by atoms with Gasteiger partial charge in [0.1, 0.15) is 11.6 Å². The lowest BCUT2D eigenvalue weighted by molar-refractivity contribution is -0.158. The minimum Gasteiger partial charge on any atom is -0.480 e. The molecule has 0 heterocycles. The van der Waals surface area contributed by atoms with Gasteiger partial charge in [0.15, 0.2) is 0 Å². The first-order valence-corrected chi connectivity index (χ1v) is 6.78. The van der Waals surface area contributed by atoms with Crippen molar-refractivity contribution in [2.75, 3.05) is 13.7 Å². The van der Waals surface area contributed by atoms with Crippen LogP contribution in [0.5, 0.6) is 0 Å². The molecule has 0 aliphatic heterocycles. The average Bonchev–Trinajstić information content (AvgIpc) is 2.25. The number of carbonyl (C=O) groups excluding carboxylic acids is 2. The van der Waals surface area contributed by atoms with E-state index in [2.05, 4.69) is 5.32 Å². The van der Waals surface area contributed by atoms with Crippen LogP contribution in [0.1, 0.15) is 40.5 Å². The van der Waals surface area contributed by atoms with Gasteiger partial charge in [-0.05, 0) is 26.7 Å². The molecule has 0 bridgehead atoms. The molecule has 122 valence electrons. The van der Waals surface area contributed by atoms with Gasteiger partial charge in [0.05, 0.1) is 6.42 Å². The predicted molar refractivity (Wildman–Crippen MR) is 75.7 cm³/mol. The number of carboxylic acids is 1. The van der Waals surface area contributed by atoms with Gasteiger partial charge in [-0.15, -0.1) is 0 Å². The molecule has 0 fully saturated rings. The van der Waals surface area contributed by atoms with Gasteiger partial charge in [0.25, 0.3) is 0 Å². The highest BCUT2D eigenvalue weighted by molar-refractivity contribution is 5.87. The Morgan fingerprint density at radius 2 is 1.76 bits per heavy atom. The molecule has 7 nitrogen and oxygen atoms in total. The lowest BCUT2D eigenvalue weighted by Crippen LogP contribution is -2.43. The maximum Gasteiger partial charge on any atom is 0.326 e. The monoisotopic (exact) mass is 303 g/mol. The van der Waals surface area contributed by atoms with Crippen molar-refractivity contribution in [2.24, 2.45) is 5.92 Å². The van der Waals surface area contributed by atoms with Crippen molar-refractivity contribution in [3.8, 4) is 0 Å². The molecule has 0 aromatic heterocycles. The second-order valence-electron chi connectivity index (χ2n) is 6.01. The summed E-state index contributed by atoms with van der Waals surface area (Å²) in [5.74, 6) is -2.41. The van der Waals surface area contributed by atoms with Crippen molar-refractivity contribution >= 4 is 17.8 Å². The van der Waals surface area contributed by atoms with Crippen molar-refractivity contribution in [1.82, 2.24) is 5.32 Å². The summed E-state index contributed by atoms with van der Waals surface area (Å²) in [6.45, 7) is 7.27. The van der Waals surface area contributed by atoms with E-state index in [0.29, 0.717) is 6.61 Å². The van der Waals surface area contributed by atoms with Crippen LogP contribution in [0.2, 0.25) is 0 Å². The standard InChI is InChI=1S/C14H25NO6/c1-9(8-20-5)6-11(16)15-10(13(18)19)7-12(17)21-14(2,3)4/h9-10H,6-8H2,1-5H3,(H,15,16)(H,18,19)/t9?,10-/m0/s1. The number of carbonyl (C=O) groups is 3. The highest BCUT2D eigenvalue weighted by Gasteiger charge is 2.26. The largest absolute Gasteiger partial charge is 0.480 e. The fraction of sp³-hybridized carbons (Fsp3) is 0.786. The molecular weight excluding hydrogens is 278 g/mol. The van der Waals surface area contributed by atoms with Crippen molar-refractivity contribution in [3.63, 3.8) is 0 Å². The molecule has 2 atom stereocenters. The fourth-order valence-electron chi connectivity index (χ4n) is 1.66. The minimum absolute atomic E-state index is 0.0361. The third kappa shape index (κ3) is 9.84. The molecule has 1 amide bonds. The third-order valence-corrected chi connectivity index (χ3v) is 2.41. The number of amides is 1. The molecule has 0 radical (unpaired) electrons. The van der Waals surface area contributed by atoms with Crippen LogP contribution in [0.15, 0.2) is 0 Å². The summed E-state index contributed by atoms with van der Waals surface area (Å²) in [5, 5.41) is 11.4. The summed E-state index contributed by atoms with van der Waals surface area (Å²) in [4.78, 5) is 34.5. The normalized spacial score (nSPS) is 14.1. The molecule has 0 aromatic carbocycles. The number of hydrogen-bond donors (Lipinski definition) is 2. The number of esters is 1. The Labute approximate surface area is 125 Å². The van der Waals surface area contributed by atoms with Gasteiger partial charge < -0.3 is 19.9 Å². The van der Waals surface area contributed by atoms with E-state index in [-0.39, 0.29) is 12.3 Å². The lowest BCUT2D eigenvalue weighted by Gasteiger charge is -2.21. The molecule has 21 heavy (non-hydrogen) atoms. The smallest absolute Gasteiger partial charge is 0.326 e. The van der Waals surface area contributed by atoms with Crippen LogP contribution in [0.4, 0.5) is 0 Å². The quantitative estimate of drug-likeness (QED) is 0.648. The summed E-state index contributed by atoms with van der Waals surface area (Å²) in [6, 6.07) is -1.29. The van der Waals surface area contributed by atoms with E-state index in [1.54, 1.807) is 20.8 Å². The van der Waals surface area contributed by atoms with Crippen molar-refractivity contribution < 1.29 is 29.0 Å². The third-order valence-electron chi connectivity index (χ3n) is 2.41. The van der Waals surface area contributed by atoms with Gasteiger partial charge in [-0.1, -0.05) is 6.92 Å². The summed E-state index contributed by atoms with van der Waals surface area (Å²) < 4.78 is 9.95. The number of hydrogen-bond acceptors (Lipinski definition) is 5. The van der Waals surface area contributed by atoms with Gasteiger partial charge in [-0.2, -0.15) is 0 Å². The summed E-state index contributed by atoms with van der Waals surface area (Å²) >= 11 is 0. The van der Waals surface area contributed by atoms with E-state index in [1.165, 1.54) is 7.11 Å². The first kappa shape index (κ1) is 19.4. The van der Waals surface area contributed by atoms with Gasteiger partial charge in [-0.3, -0.25) is 9.59 Å². The Bertz CT molecular complexity index is 374. The van der Waals surface area contributed by atoms with E-state index in [1.807, 2.05) is 6.92 Å². The first-order chi connectivity index (χ1) is 9.55. The lowest BCUT2D eigenvalue weighted by atomic mass is 10.1. The van der Waals surface area contributed by atoms with Crippen LogP contribution >= 0.6 is 0 Å². The summed E-state index contributed by atoms with van der Waals surface area (Å²) in [6.07, 6.45) is -0.275. The molecule has 0 spiro atoms. The molecule has 0 saturated carbocycles. The molecule has 2 N–H and O–H groups in total. The zero-order chi connectivity index (χ0) is 16.6. The molecule has 0 aliphatic rings. The van der Waals surface area contributed by atoms with E-state index >= 15 is 0 Å². The zero-order valence-electron chi connectivity index (χ0n) is 13.3. The molecule has 0 aromatic rings. The number of nitrogens with one attached hydrogen (secondary N) is 1. The second-order valence-corrected chi connectivity index (χ2v) is 6.01. The predicted octanol–water partition coefficient (Wildman–Crippen LogP) is 0.960. The molecular formula is C14H25NO6. The van der Waals surface area contributed by atoms with Crippen LogP contribution in [-0.2, 0) is 23.9 Å². The number of carboxylic acid groups (broad SMARTS) is 1. The molecule has 7 heteroatoms. The molecule has 0 saturated heterocycles. The van der Waals surface area contributed by atoms with Crippen molar-refractivity contribution in [3.05, 3.63) is 0 Å². The molecule has 0 aliphatic carbocycles. The van der Waals surface area contributed by atoms with Crippen molar-refractivity contribution in [2.45, 2.75) is 52.2 Å². The van der Waals surface area contributed by atoms with Crippen LogP contribution < -0.4 is 5.32 Å². The Kier molecular flexibility index (Phi) is 7.94. The van der Waals surface area contributed by atoms with E-state index in [9.17, 15) is 14.4 Å². The number of ether oxygens (including phenoxy) is 2. The Morgan fingerprint density at radius 1 is 1.19 bits per heavy atom. The van der Waals surface area contributed by atoms with Crippen molar-refractivity contribution in [1.29, 1.82) is 0 Å². The van der Waals surface area contributed by atoms with E-state index in [4.69, 9.17) is 14.6 Å². The van der Waals surface area contributed by atoms with Gasteiger partial charge >= 0.3 is 11.9 Å². The van der Waals surface area contributed by atoms with Crippen LogP contribution in [0.25, 0.3) is 0 Å². The van der Waals surface area contributed by atoms with Crippen LogP contribution in [0, 0.1) is 5.92 Å². The van der Waals surface area contributed by atoms with Gasteiger partial charge in [0.2, 0.25) is 5.91 Å². The molecule has 1 unspecified atom stereocenters. The number of rotatable bonds is 8. The average molecular weight is 303 g/mol. The number of methoxy groups -OCH3 is 1. The fourth-order valence-corrected chi connectivity index (χ4v) is 1.66. The number of aliphatic carboxylic acids is 1. The Morgan fingerprint density at radius 3 is 2.19 bits per heavy atom. The van der Waals surface area contributed by atoms with E-state index < -0.39 is 35.9 Å². The highest BCUT2D eigenvalue weighted by atomic mass is 16.6. The topological polar surface area (TPSA) is 102 Å². The summed E-state index contributed by atoms with van der Waals surface area (Å²) in [7, 11) is 1.52. The SMILES string of the molecule is COCC(C)CC(=O)N[C@@H](CC(=O)OC(C)(C)C)C(=O)O. The Hall–Kier alpha value is -1.63. The zero-order valence-corrected chi connectivity index (χ0v) is 13.3. The van der Waals surface area contributed by atoms with Crippen LogP contribution in [0.3, 0.4) is 0 Å². The Balaban J connectivity index is 4.47. The van der Waals surface area contributed by atoms with Gasteiger partial charge in [0, 0.05) is 20.1 Å². The molecule has 0 rings (SSSR count). The van der Waals surface area contributed by atoms with E-state index in [0.717, 1.165) is 0 Å². The van der Waals surface area contributed by atoms with Crippen LogP contribution in [-0.4, -0.2) is 48.3 Å². The maximum absolute atomic E-state index is 11.7. The summed E-state index contributed by atoms with van der Waals surface area (Å²) in [5.41, 5.74) is -0.697. The first-order valence-electron chi connectivity index (χ1n) is 6.78.